The van der Waals surface area contributed by atoms with E-state index in [1.54, 1.807) is 42.6 Å². The summed E-state index contributed by atoms with van der Waals surface area (Å²) in [6.45, 7) is 7.62. The van der Waals surface area contributed by atoms with E-state index in [1.165, 1.54) is 12.1 Å². The van der Waals surface area contributed by atoms with Gasteiger partial charge in [-0.3, -0.25) is 4.79 Å². The number of carbonyl (C=O) groups is 2. The van der Waals surface area contributed by atoms with Gasteiger partial charge in [0, 0.05) is 40.3 Å². The predicted octanol–water partition coefficient (Wildman–Crippen LogP) is 5.52. The first kappa shape index (κ1) is 27.5. The average Bonchev–Trinajstić information content (AvgIpc) is 2.85. The molecular weight excluding hydrogens is 552 g/mol. The number of anilines is 4. The van der Waals surface area contributed by atoms with Crippen molar-refractivity contribution < 1.29 is 19.9 Å². The number of hydrogen-bond donors (Lipinski definition) is 4. The van der Waals surface area contributed by atoms with Crippen LogP contribution in [0.15, 0.2) is 59.2 Å². The van der Waals surface area contributed by atoms with Gasteiger partial charge in [-0.05, 0) is 105 Å². The molecule has 1 radical (unpaired) electrons. The highest BCUT2D eigenvalue weighted by Crippen LogP contribution is 2.37. The second kappa shape index (κ2) is 10.7. The molecule has 38 heavy (non-hydrogen) atoms. The first-order valence-electron chi connectivity index (χ1n) is 12.1. The van der Waals surface area contributed by atoms with Crippen LogP contribution in [-0.2, 0) is 5.21 Å². The van der Waals surface area contributed by atoms with Crippen LogP contribution in [0.1, 0.15) is 61.3 Å². The number of nitrogens with one attached hydrogen (secondary N) is 3. The number of hydroxylamine groups is 2. The van der Waals surface area contributed by atoms with Crippen molar-refractivity contribution in [1.29, 1.82) is 0 Å². The Hall–Kier alpha value is -3.54. The average molecular weight is 582 g/mol. The van der Waals surface area contributed by atoms with Gasteiger partial charge in [-0.25, -0.2) is 9.78 Å². The molecule has 1 aliphatic heterocycles. The largest absolute Gasteiger partial charge is 0.478 e. The summed E-state index contributed by atoms with van der Waals surface area (Å²) in [5.41, 5.74) is 0.949. The van der Waals surface area contributed by atoms with Gasteiger partial charge in [0.05, 0.1) is 10.0 Å². The highest BCUT2D eigenvalue weighted by Gasteiger charge is 2.46. The molecule has 0 bridgehead atoms. The number of rotatable bonds is 7. The molecule has 1 amide bonds. The Labute approximate surface area is 229 Å². The van der Waals surface area contributed by atoms with E-state index >= 15 is 0 Å². The maximum atomic E-state index is 12.9. The van der Waals surface area contributed by atoms with Gasteiger partial charge in [0.15, 0.2) is 0 Å². The maximum absolute atomic E-state index is 12.9. The number of nitrogens with zero attached hydrogens (tertiary/aromatic N) is 3. The van der Waals surface area contributed by atoms with Crippen molar-refractivity contribution >= 4 is 50.9 Å². The van der Waals surface area contributed by atoms with E-state index in [-0.39, 0.29) is 17.5 Å². The Kier molecular flexibility index (Phi) is 7.73. The highest BCUT2D eigenvalue weighted by molar-refractivity contribution is 9.10. The topological polar surface area (TPSA) is 139 Å². The van der Waals surface area contributed by atoms with E-state index in [4.69, 9.17) is 5.11 Å². The zero-order chi connectivity index (χ0) is 27.7. The molecule has 1 fully saturated rings. The quantitative estimate of drug-likeness (QED) is 0.286. The molecule has 11 heteroatoms. The molecule has 0 saturated carbocycles. The third-order valence-corrected chi connectivity index (χ3v) is 7.05. The van der Waals surface area contributed by atoms with Crippen molar-refractivity contribution in [3.05, 3.63) is 70.3 Å². The number of carboxylic acid groups (broad SMARTS) is 1. The number of carbonyl (C=O) groups excluding carboxylic acids is 1. The van der Waals surface area contributed by atoms with Crippen molar-refractivity contribution in [3.63, 3.8) is 0 Å². The monoisotopic (exact) mass is 581 g/mol. The Balaban J connectivity index is 1.40. The fourth-order valence-electron chi connectivity index (χ4n) is 4.82. The third-order valence-electron chi connectivity index (χ3n) is 6.47. The summed E-state index contributed by atoms with van der Waals surface area (Å²) in [7, 11) is 0. The van der Waals surface area contributed by atoms with Crippen LogP contribution < -0.4 is 16.0 Å². The number of piperidine rings is 1. The smallest absolute Gasteiger partial charge is 0.335 e. The van der Waals surface area contributed by atoms with E-state index in [9.17, 15) is 14.8 Å². The molecule has 10 nitrogen and oxygen atoms in total. The van der Waals surface area contributed by atoms with Crippen LogP contribution in [0.2, 0.25) is 0 Å². The van der Waals surface area contributed by atoms with E-state index < -0.39 is 17.0 Å². The van der Waals surface area contributed by atoms with E-state index in [0.29, 0.717) is 40.3 Å². The normalized spacial score (nSPS) is 17.0. The molecule has 2 heterocycles. The van der Waals surface area contributed by atoms with Crippen LogP contribution in [0.4, 0.5) is 23.1 Å². The van der Waals surface area contributed by atoms with Gasteiger partial charge in [-0.15, -0.1) is 10.3 Å². The van der Waals surface area contributed by atoms with Crippen LogP contribution in [0.5, 0.6) is 0 Å². The standard InChI is InChI=1S/C27H30BrN6O4/c1-26(2)13-20(14-27(3,4)34(26)38)31-23(35)16-5-9-18(10-6-16)30-22-21(28)15-29-25(33-22)32-19-11-7-17(8-12-19)24(36)37/h5-12,15,20H,13-14H2,1-4H3,(H,31,35)(H,36,37)(H2,29,30,32,33). The lowest BCUT2D eigenvalue weighted by molar-refractivity contribution is -0.289. The number of halogens is 1. The number of carboxylic acids is 1. The van der Waals surface area contributed by atoms with Crippen molar-refractivity contribution in [3.8, 4) is 0 Å². The highest BCUT2D eigenvalue weighted by atomic mass is 79.9. The summed E-state index contributed by atoms with van der Waals surface area (Å²) in [5.74, 6) is -0.347. The predicted molar refractivity (Wildman–Crippen MR) is 147 cm³/mol. The molecule has 0 atom stereocenters. The summed E-state index contributed by atoms with van der Waals surface area (Å²) in [6.07, 6.45) is 2.75. The number of aromatic carboxylic acids is 1. The zero-order valence-electron chi connectivity index (χ0n) is 21.6. The van der Waals surface area contributed by atoms with Gasteiger partial charge in [0.2, 0.25) is 5.95 Å². The first-order chi connectivity index (χ1) is 17.8. The van der Waals surface area contributed by atoms with Crippen molar-refractivity contribution in [2.24, 2.45) is 0 Å². The summed E-state index contributed by atoms with van der Waals surface area (Å²) in [6, 6.07) is 13.2. The minimum absolute atomic E-state index is 0.0984. The summed E-state index contributed by atoms with van der Waals surface area (Å²) in [4.78, 5) is 32.7. The Morgan fingerprint density at radius 1 is 0.921 bits per heavy atom. The van der Waals surface area contributed by atoms with E-state index in [1.807, 2.05) is 27.7 Å². The lowest BCUT2D eigenvalue weighted by Gasteiger charge is -2.50. The van der Waals surface area contributed by atoms with Gasteiger partial charge in [0.25, 0.3) is 5.91 Å². The maximum Gasteiger partial charge on any atom is 0.335 e. The van der Waals surface area contributed by atoms with Crippen molar-refractivity contribution in [2.45, 2.75) is 57.7 Å². The molecule has 4 N–H and O–H groups in total. The Morgan fingerprint density at radius 3 is 2.00 bits per heavy atom. The lowest BCUT2D eigenvalue weighted by Crippen LogP contribution is -2.62. The molecule has 1 saturated heterocycles. The molecule has 4 rings (SSSR count). The second-order valence-corrected chi connectivity index (χ2v) is 11.5. The summed E-state index contributed by atoms with van der Waals surface area (Å²) < 4.78 is 0.640. The SMILES string of the molecule is CC1(C)CC(NC(=O)c2ccc(Nc3nc(Nc4ccc(C(=O)O)cc4)ncc3Br)cc2)CC(C)(C)N1[O]. The fraction of sp³-hybridized carbons (Fsp3) is 0.333. The van der Waals surface area contributed by atoms with Gasteiger partial charge >= 0.3 is 5.97 Å². The van der Waals surface area contributed by atoms with Crippen molar-refractivity contribution in [1.82, 2.24) is 20.3 Å². The molecule has 1 aliphatic rings. The van der Waals surface area contributed by atoms with Crippen LogP contribution >= 0.6 is 15.9 Å². The molecule has 0 spiro atoms. The number of hydrogen-bond acceptors (Lipinski definition) is 7. The Bertz CT molecular complexity index is 1310. The van der Waals surface area contributed by atoms with E-state index in [0.717, 1.165) is 10.8 Å². The zero-order valence-corrected chi connectivity index (χ0v) is 23.2. The fourth-order valence-corrected chi connectivity index (χ4v) is 5.11. The van der Waals surface area contributed by atoms with Gasteiger partial charge in [0.1, 0.15) is 5.82 Å². The molecule has 3 aromatic rings. The molecule has 1 aromatic heterocycles. The van der Waals surface area contributed by atoms with E-state index in [2.05, 4.69) is 41.8 Å². The van der Waals surface area contributed by atoms with Crippen LogP contribution in [0.25, 0.3) is 0 Å². The van der Waals surface area contributed by atoms with Crippen LogP contribution in [0.3, 0.4) is 0 Å². The molecule has 2 aromatic carbocycles. The van der Waals surface area contributed by atoms with Crippen molar-refractivity contribution in [2.75, 3.05) is 10.6 Å². The molecular formula is C27H30BrN6O4. The number of aromatic nitrogens is 2. The summed E-state index contributed by atoms with van der Waals surface area (Å²) >= 11 is 3.44. The van der Waals surface area contributed by atoms with Crippen LogP contribution in [-0.4, -0.2) is 49.1 Å². The first-order valence-corrected chi connectivity index (χ1v) is 12.9. The number of benzene rings is 2. The minimum atomic E-state index is -0.996. The van der Waals surface area contributed by atoms with Gasteiger partial charge < -0.3 is 21.1 Å². The molecule has 0 unspecified atom stereocenters. The number of amides is 1. The molecule has 199 valence electrons. The van der Waals surface area contributed by atoms with Gasteiger partial charge in [-0.2, -0.15) is 4.98 Å². The van der Waals surface area contributed by atoms with Crippen LogP contribution in [0, 0.1) is 0 Å². The van der Waals surface area contributed by atoms with Gasteiger partial charge in [-0.1, -0.05) is 0 Å². The third kappa shape index (κ3) is 6.29. The molecule has 0 aliphatic carbocycles. The summed E-state index contributed by atoms with van der Waals surface area (Å²) in [5, 5.41) is 32.1. The Morgan fingerprint density at radius 2 is 1.45 bits per heavy atom. The minimum Gasteiger partial charge on any atom is -0.478 e. The second-order valence-electron chi connectivity index (χ2n) is 10.6. The lowest BCUT2D eigenvalue weighted by atomic mass is 9.79.